The number of rotatable bonds is 5. The van der Waals surface area contributed by atoms with Crippen LogP contribution in [0.4, 0.5) is 0 Å². The van der Waals surface area contributed by atoms with Gasteiger partial charge in [-0.1, -0.05) is 5.16 Å². The molecule has 0 aliphatic carbocycles. The molecule has 1 aromatic heterocycles. The molecule has 96 valence electrons. The number of hydrogen-bond donors (Lipinski definition) is 1. The number of aryl methyl sites for hydroxylation is 1. The number of aromatic nitrogens is 1. The van der Waals surface area contributed by atoms with Crippen molar-refractivity contribution in [3.63, 3.8) is 0 Å². The zero-order valence-corrected chi connectivity index (χ0v) is 10.5. The van der Waals surface area contributed by atoms with Crippen molar-refractivity contribution in [3.05, 3.63) is 41.3 Å². The fourth-order valence-electron chi connectivity index (χ4n) is 1.62. The summed E-state index contributed by atoms with van der Waals surface area (Å²) in [6.45, 7) is 2.59. The van der Waals surface area contributed by atoms with Crippen LogP contribution in [-0.4, -0.2) is 12.3 Å². The Hall–Kier alpha value is -2.01. The minimum atomic E-state index is 0.334. The summed E-state index contributed by atoms with van der Waals surface area (Å²) in [5.41, 5.74) is 7.41. The van der Waals surface area contributed by atoms with Gasteiger partial charge in [-0.05, 0) is 25.1 Å². The summed E-state index contributed by atoms with van der Waals surface area (Å²) in [4.78, 5) is 0. The van der Waals surface area contributed by atoms with E-state index in [0.29, 0.717) is 18.9 Å². The molecule has 0 radical (unpaired) electrons. The fourth-order valence-corrected chi connectivity index (χ4v) is 1.62. The van der Waals surface area contributed by atoms with E-state index in [-0.39, 0.29) is 0 Å². The van der Waals surface area contributed by atoms with Crippen LogP contribution in [0, 0.1) is 6.92 Å². The zero-order valence-electron chi connectivity index (χ0n) is 10.5. The molecule has 5 heteroatoms. The van der Waals surface area contributed by atoms with Crippen LogP contribution in [0.2, 0.25) is 0 Å². The summed E-state index contributed by atoms with van der Waals surface area (Å²) >= 11 is 0. The van der Waals surface area contributed by atoms with E-state index >= 15 is 0 Å². The van der Waals surface area contributed by atoms with E-state index in [1.807, 2.05) is 31.2 Å². The van der Waals surface area contributed by atoms with E-state index in [0.717, 1.165) is 22.8 Å². The number of hydrogen-bond acceptors (Lipinski definition) is 5. The normalized spacial score (nSPS) is 10.4. The Labute approximate surface area is 105 Å². The molecule has 2 N–H and O–H groups in total. The molecule has 2 aromatic rings. The smallest absolute Gasteiger partial charge is 0.174 e. The molecule has 0 unspecified atom stereocenters. The predicted molar refractivity (Wildman–Crippen MR) is 66.5 cm³/mol. The molecule has 1 aromatic carbocycles. The first-order chi connectivity index (χ1) is 8.72. The Morgan fingerprint density at radius 1 is 1.33 bits per heavy atom. The molecule has 0 spiro atoms. The summed E-state index contributed by atoms with van der Waals surface area (Å²) in [6.07, 6.45) is 0. The molecule has 2 rings (SSSR count). The lowest BCUT2D eigenvalue weighted by Gasteiger charge is -2.10. The fraction of sp³-hybridized carbons (Fsp3) is 0.308. The number of nitrogens with two attached hydrogens (primary N) is 1. The Bertz CT molecular complexity index is 523. The maximum Gasteiger partial charge on any atom is 0.174 e. The van der Waals surface area contributed by atoms with E-state index in [4.69, 9.17) is 19.7 Å². The maximum atomic E-state index is 5.68. The molecule has 0 amide bonds. The average molecular weight is 248 g/mol. The van der Waals surface area contributed by atoms with Gasteiger partial charge >= 0.3 is 0 Å². The summed E-state index contributed by atoms with van der Waals surface area (Å²) < 4.78 is 15.9. The number of nitrogens with zero attached hydrogens (tertiary/aromatic N) is 1. The molecule has 1 heterocycles. The third-order valence-electron chi connectivity index (χ3n) is 2.53. The molecule has 0 atom stereocenters. The van der Waals surface area contributed by atoms with Gasteiger partial charge in [-0.15, -0.1) is 0 Å². The summed E-state index contributed by atoms with van der Waals surface area (Å²) in [7, 11) is 1.62. The van der Waals surface area contributed by atoms with Crippen molar-refractivity contribution < 1.29 is 14.0 Å². The Morgan fingerprint density at radius 3 is 2.78 bits per heavy atom. The third-order valence-corrected chi connectivity index (χ3v) is 2.53. The lowest BCUT2D eigenvalue weighted by Crippen LogP contribution is -2.02. The molecule has 18 heavy (non-hydrogen) atoms. The van der Waals surface area contributed by atoms with Gasteiger partial charge in [-0.3, -0.25) is 0 Å². The first-order valence-corrected chi connectivity index (χ1v) is 5.65. The molecule has 5 nitrogen and oxygen atoms in total. The van der Waals surface area contributed by atoms with Gasteiger partial charge in [0.2, 0.25) is 0 Å². The zero-order chi connectivity index (χ0) is 13.0. The summed E-state index contributed by atoms with van der Waals surface area (Å²) in [6, 6.07) is 7.37. The predicted octanol–water partition coefficient (Wildman–Crippen LogP) is 2.03. The first-order valence-electron chi connectivity index (χ1n) is 5.65. The molecule has 0 saturated carbocycles. The van der Waals surface area contributed by atoms with Crippen LogP contribution in [0.25, 0.3) is 0 Å². The molecular formula is C13H16N2O3. The number of benzene rings is 1. The van der Waals surface area contributed by atoms with Crippen LogP contribution in [-0.2, 0) is 13.2 Å². The third kappa shape index (κ3) is 2.81. The molecule has 0 aliphatic heterocycles. The SMILES string of the molecule is COc1ccc(OCc2cc(C)no2)c(CN)c1. The largest absolute Gasteiger partial charge is 0.497 e. The molecule has 0 fully saturated rings. The van der Waals surface area contributed by atoms with Crippen molar-refractivity contribution in [1.29, 1.82) is 0 Å². The van der Waals surface area contributed by atoms with Crippen molar-refractivity contribution in [3.8, 4) is 11.5 Å². The van der Waals surface area contributed by atoms with Crippen LogP contribution in [0.3, 0.4) is 0 Å². The van der Waals surface area contributed by atoms with Crippen molar-refractivity contribution in [2.24, 2.45) is 5.73 Å². The van der Waals surface area contributed by atoms with Gasteiger partial charge in [-0.2, -0.15) is 0 Å². The number of methoxy groups -OCH3 is 1. The minimum absolute atomic E-state index is 0.334. The van der Waals surface area contributed by atoms with Crippen LogP contribution in [0.5, 0.6) is 11.5 Å². The topological polar surface area (TPSA) is 70.5 Å². The van der Waals surface area contributed by atoms with E-state index in [2.05, 4.69) is 5.16 Å². The second kappa shape index (κ2) is 5.55. The Morgan fingerprint density at radius 2 is 2.17 bits per heavy atom. The van der Waals surface area contributed by atoms with Crippen LogP contribution in [0.1, 0.15) is 17.0 Å². The Balaban J connectivity index is 2.08. The lowest BCUT2D eigenvalue weighted by atomic mass is 10.2. The second-order valence-corrected chi connectivity index (χ2v) is 3.90. The quantitative estimate of drug-likeness (QED) is 0.876. The van der Waals surface area contributed by atoms with E-state index in [9.17, 15) is 0 Å². The van der Waals surface area contributed by atoms with E-state index in [1.165, 1.54) is 0 Å². The summed E-state index contributed by atoms with van der Waals surface area (Å²) in [5, 5.41) is 3.80. The highest BCUT2D eigenvalue weighted by Crippen LogP contribution is 2.24. The van der Waals surface area contributed by atoms with Gasteiger partial charge in [0.25, 0.3) is 0 Å². The standard InChI is InChI=1S/C13H16N2O3/c1-9-5-12(18-15-9)8-17-13-4-3-11(16-2)6-10(13)7-14/h3-6H,7-8,14H2,1-2H3. The van der Waals surface area contributed by atoms with Gasteiger partial charge in [0.1, 0.15) is 18.1 Å². The monoisotopic (exact) mass is 248 g/mol. The maximum absolute atomic E-state index is 5.68. The van der Waals surface area contributed by atoms with Gasteiger partial charge < -0.3 is 19.7 Å². The highest BCUT2D eigenvalue weighted by Gasteiger charge is 2.07. The van der Waals surface area contributed by atoms with Gasteiger partial charge in [0.15, 0.2) is 5.76 Å². The molecule has 0 saturated heterocycles. The minimum Gasteiger partial charge on any atom is -0.497 e. The van der Waals surface area contributed by atoms with Crippen molar-refractivity contribution in [1.82, 2.24) is 5.16 Å². The van der Waals surface area contributed by atoms with Crippen LogP contribution >= 0.6 is 0 Å². The summed E-state index contributed by atoms with van der Waals surface area (Å²) in [5.74, 6) is 2.18. The van der Waals surface area contributed by atoms with Crippen LogP contribution < -0.4 is 15.2 Å². The van der Waals surface area contributed by atoms with Gasteiger partial charge in [0.05, 0.1) is 12.8 Å². The van der Waals surface area contributed by atoms with Gasteiger partial charge in [-0.25, -0.2) is 0 Å². The van der Waals surface area contributed by atoms with Crippen LogP contribution in [0.15, 0.2) is 28.8 Å². The molecule has 0 aliphatic rings. The lowest BCUT2D eigenvalue weighted by molar-refractivity contribution is 0.246. The highest BCUT2D eigenvalue weighted by molar-refractivity contribution is 5.40. The molecule has 0 bridgehead atoms. The van der Waals surface area contributed by atoms with Crippen molar-refractivity contribution in [2.45, 2.75) is 20.1 Å². The van der Waals surface area contributed by atoms with Crippen molar-refractivity contribution >= 4 is 0 Å². The second-order valence-electron chi connectivity index (χ2n) is 3.90. The number of ether oxygens (including phenoxy) is 2. The first kappa shape index (κ1) is 12.4. The van der Waals surface area contributed by atoms with E-state index in [1.54, 1.807) is 7.11 Å². The Kier molecular flexibility index (Phi) is 3.84. The average Bonchev–Trinajstić information content (AvgIpc) is 2.82. The highest BCUT2D eigenvalue weighted by atomic mass is 16.5. The van der Waals surface area contributed by atoms with E-state index < -0.39 is 0 Å². The molecular weight excluding hydrogens is 232 g/mol. The van der Waals surface area contributed by atoms with Gasteiger partial charge in [0, 0.05) is 18.2 Å². The van der Waals surface area contributed by atoms with Crippen molar-refractivity contribution in [2.75, 3.05) is 7.11 Å².